The molecule has 0 bridgehead atoms. The van der Waals surface area contributed by atoms with E-state index >= 15 is 0 Å². The van der Waals surface area contributed by atoms with Crippen molar-refractivity contribution in [3.8, 4) is 28.7 Å². The van der Waals surface area contributed by atoms with Crippen LogP contribution in [0, 0.1) is 13.8 Å². The van der Waals surface area contributed by atoms with Gasteiger partial charge in [0.25, 0.3) is 5.89 Å². The zero-order valence-corrected chi connectivity index (χ0v) is 13.2. The summed E-state index contributed by atoms with van der Waals surface area (Å²) in [4.78, 5) is 8.45. The number of nitrogens with zero attached hydrogens (tertiary/aromatic N) is 6. The summed E-state index contributed by atoms with van der Waals surface area (Å²) in [5.41, 5.74) is 4.33. The van der Waals surface area contributed by atoms with Crippen molar-refractivity contribution in [1.82, 2.24) is 30.1 Å². The Morgan fingerprint density at radius 1 is 1.04 bits per heavy atom. The highest BCUT2D eigenvalue weighted by Gasteiger charge is 2.18. The normalized spacial score (nSPS) is 10.9. The number of aryl methyl sites for hydroxylation is 1. The van der Waals surface area contributed by atoms with Crippen LogP contribution in [-0.4, -0.2) is 30.1 Å². The van der Waals surface area contributed by atoms with Gasteiger partial charge in [0.2, 0.25) is 5.82 Å². The van der Waals surface area contributed by atoms with E-state index < -0.39 is 0 Å². The minimum atomic E-state index is 0.405. The van der Waals surface area contributed by atoms with E-state index in [-0.39, 0.29) is 0 Å². The number of pyridine rings is 1. The van der Waals surface area contributed by atoms with Crippen molar-refractivity contribution in [2.45, 2.75) is 13.8 Å². The molecule has 7 nitrogen and oxygen atoms in total. The molecule has 0 unspecified atom stereocenters. The molecule has 4 aromatic rings. The highest BCUT2D eigenvalue weighted by atomic mass is 16.5. The molecule has 0 aliphatic carbocycles. The zero-order valence-electron chi connectivity index (χ0n) is 13.2. The molecule has 7 heteroatoms. The predicted octanol–water partition coefficient (Wildman–Crippen LogP) is 3.00. The SMILES string of the molecule is Cc1ccc(-n2nnc(-c3noc(-c4cccnc4)n3)c2C)cc1. The van der Waals surface area contributed by atoms with E-state index in [0.29, 0.717) is 17.4 Å². The average Bonchev–Trinajstić information content (AvgIpc) is 3.23. The summed E-state index contributed by atoms with van der Waals surface area (Å²) in [5.74, 6) is 0.812. The molecule has 118 valence electrons. The van der Waals surface area contributed by atoms with Crippen LogP contribution < -0.4 is 0 Å². The molecule has 0 radical (unpaired) electrons. The molecular weight excluding hydrogens is 304 g/mol. The third kappa shape index (κ3) is 2.45. The van der Waals surface area contributed by atoms with E-state index in [9.17, 15) is 0 Å². The van der Waals surface area contributed by atoms with Crippen molar-refractivity contribution in [1.29, 1.82) is 0 Å². The van der Waals surface area contributed by atoms with Crippen LogP contribution in [-0.2, 0) is 0 Å². The molecule has 0 amide bonds. The Hall–Kier alpha value is -3.35. The maximum atomic E-state index is 5.31. The van der Waals surface area contributed by atoms with Crippen molar-refractivity contribution in [2.75, 3.05) is 0 Å². The van der Waals surface area contributed by atoms with Crippen LogP contribution in [0.1, 0.15) is 11.3 Å². The number of hydrogen-bond donors (Lipinski definition) is 0. The first-order chi connectivity index (χ1) is 11.7. The molecule has 1 aromatic carbocycles. The second-order valence-corrected chi connectivity index (χ2v) is 5.44. The third-order valence-electron chi connectivity index (χ3n) is 3.72. The van der Waals surface area contributed by atoms with E-state index in [4.69, 9.17) is 4.52 Å². The molecule has 0 saturated heterocycles. The molecule has 0 aliphatic rings. The first kappa shape index (κ1) is 14.3. The third-order valence-corrected chi connectivity index (χ3v) is 3.72. The Morgan fingerprint density at radius 2 is 1.88 bits per heavy atom. The van der Waals surface area contributed by atoms with E-state index in [1.807, 2.05) is 50.2 Å². The standard InChI is InChI=1S/C17H14N6O/c1-11-5-7-14(8-6-11)23-12(2)15(20-22-23)16-19-17(24-21-16)13-4-3-9-18-10-13/h3-10H,1-2H3. The van der Waals surface area contributed by atoms with Crippen LogP contribution in [0.4, 0.5) is 0 Å². The van der Waals surface area contributed by atoms with Gasteiger partial charge < -0.3 is 4.52 Å². The van der Waals surface area contributed by atoms with E-state index in [2.05, 4.69) is 25.4 Å². The van der Waals surface area contributed by atoms with Gasteiger partial charge in [-0.15, -0.1) is 5.10 Å². The first-order valence-electron chi connectivity index (χ1n) is 7.46. The minimum absolute atomic E-state index is 0.405. The van der Waals surface area contributed by atoms with Gasteiger partial charge in [-0.3, -0.25) is 4.98 Å². The Balaban J connectivity index is 1.71. The molecule has 0 saturated carbocycles. The molecule has 0 atom stereocenters. The van der Waals surface area contributed by atoms with Gasteiger partial charge in [0.1, 0.15) is 0 Å². The molecule has 3 aromatic heterocycles. The van der Waals surface area contributed by atoms with Gasteiger partial charge in [0.15, 0.2) is 5.69 Å². The van der Waals surface area contributed by atoms with Crippen LogP contribution in [0.5, 0.6) is 0 Å². The fraction of sp³-hybridized carbons (Fsp3) is 0.118. The van der Waals surface area contributed by atoms with E-state index in [0.717, 1.165) is 16.9 Å². The molecule has 3 heterocycles. The van der Waals surface area contributed by atoms with Crippen molar-refractivity contribution in [2.24, 2.45) is 0 Å². The smallest absolute Gasteiger partial charge is 0.259 e. The Morgan fingerprint density at radius 3 is 2.62 bits per heavy atom. The van der Waals surface area contributed by atoms with E-state index in [1.165, 1.54) is 5.56 Å². The fourth-order valence-electron chi connectivity index (χ4n) is 2.39. The maximum Gasteiger partial charge on any atom is 0.259 e. The number of rotatable bonds is 3. The van der Waals surface area contributed by atoms with Crippen LogP contribution >= 0.6 is 0 Å². The summed E-state index contributed by atoms with van der Waals surface area (Å²) in [6, 6.07) is 11.7. The molecule has 4 rings (SSSR count). The number of hydrogen-bond acceptors (Lipinski definition) is 6. The Labute approximate surface area is 138 Å². The second kappa shape index (κ2) is 5.69. The minimum Gasteiger partial charge on any atom is -0.333 e. The fourth-order valence-corrected chi connectivity index (χ4v) is 2.39. The number of benzene rings is 1. The summed E-state index contributed by atoms with van der Waals surface area (Å²) >= 11 is 0. The van der Waals surface area contributed by atoms with Crippen LogP contribution in [0.25, 0.3) is 28.7 Å². The highest BCUT2D eigenvalue weighted by Crippen LogP contribution is 2.23. The van der Waals surface area contributed by atoms with Crippen molar-refractivity contribution < 1.29 is 4.52 Å². The summed E-state index contributed by atoms with van der Waals surface area (Å²) in [6.07, 6.45) is 3.37. The Bertz CT molecular complexity index is 972. The molecule has 0 fully saturated rings. The Kier molecular flexibility index (Phi) is 3.38. The lowest BCUT2D eigenvalue weighted by Crippen LogP contribution is -1.99. The zero-order chi connectivity index (χ0) is 16.5. The largest absolute Gasteiger partial charge is 0.333 e. The quantitative estimate of drug-likeness (QED) is 0.577. The molecule has 0 N–H and O–H groups in total. The molecule has 24 heavy (non-hydrogen) atoms. The van der Waals surface area contributed by atoms with Crippen molar-refractivity contribution in [3.63, 3.8) is 0 Å². The van der Waals surface area contributed by atoms with Crippen molar-refractivity contribution >= 4 is 0 Å². The summed E-state index contributed by atoms with van der Waals surface area (Å²) in [5, 5.41) is 12.4. The van der Waals surface area contributed by atoms with Crippen LogP contribution in [0.15, 0.2) is 53.3 Å². The number of aromatic nitrogens is 6. The lowest BCUT2D eigenvalue weighted by molar-refractivity contribution is 0.432. The summed E-state index contributed by atoms with van der Waals surface area (Å²) in [6.45, 7) is 3.97. The van der Waals surface area contributed by atoms with Gasteiger partial charge in [-0.25, -0.2) is 4.68 Å². The molecule has 0 aliphatic heterocycles. The average molecular weight is 318 g/mol. The lowest BCUT2D eigenvalue weighted by atomic mass is 10.2. The van der Waals surface area contributed by atoms with Gasteiger partial charge in [-0.2, -0.15) is 4.98 Å². The molecule has 0 spiro atoms. The van der Waals surface area contributed by atoms with Crippen LogP contribution in [0.2, 0.25) is 0 Å². The molecular formula is C17H14N6O. The topological polar surface area (TPSA) is 82.5 Å². The van der Waals surface area contributed by atoms with Gasteiger partial charge >= 0.3 is 0 Å². The van der Waals surface area contributed by atoms with Gasteiger partial charge in [0, 0.05) is 12.4 Å². The van der Waals surface area contributed by atoms with Crippen molar-refractivity contribution in [3.05, 3.63) is 60.0 Å². The summed E-state index contributed by atoms with van der Waals surface area (Å²) < 4.78 is 7.07. The van der Waals surface area contributed by atoms with Crippen LogP contribution in [0.3, 0.4) is 0 Å². The maximum absolute atomic E-state index is 5.31. The second-order valence-electron chi connectivity index (χ2n) is 5.44. The van der Waals surface area contributed by atoms with Gasteiger partial charge in [0.05, 0.1) is 16.9 Å². The van der Waals surface area contributed by atoms with E-state index in [1.54, 1.807) is 17.1 Å². The first-order valence-corrected chi connectivity index (χ1v) is 7.46. The monoisotopic (exact) mass is 318 g/mol. The predicted molar refractivity (Wildman–Crippen MR) is 87.4 cm³/mol. The highest BCUT2D eigenvalue weighted by molar-refractivity contribution is 5.58. The van der Waals surface area contributed by atoms with Gasteiger partial charge in [-0.1, -0.05) is 28.1 Å². The van der Waals surface area contributed by atoms with Gasteiger partial charge in [-0.05, 0) is 38.1 Å². The lowest BCUT2D eigenvalue weighted by Gasteiger charge is -2.03. The summed E-state index contributed by atoms with van der Waals surface area (Å²) in [7, 11) is 0.